The Bertz CT molecular complexity index is 549. The maximum absolute atomic E-state index is 5.74. The molecule has 2 rings (SSSR count). The van der Waals surface area contributed by atoms with Crippen molar-refractivity contribution in [3.05, 3.63) is 48.0 Å². The summed E-state index contributed by atoms with van der Waals surface area (Å²) in [7, 11) is 0. The second kappa shape index (κ2) is 6.38. The van der Waals surface area contributed by atoms with Gasteiger partial charge in [-0.25, -0.2) is 0 Å². The predicted octanol–water partition coefficient (Wildman–Crippen LogP) is 4.04. The predicted molar refractivity (Wildman–Crippen MR) is 87.5 cm³/mol. The van der Waals surface area contributed by atoms with E-state index in [-0.39, 0.29) is 0 Å². The number of hydrogen-bond acceptors (Lipinski definition) is 2. The molecule has 1 unspecified atom stereocenters. The van der Waals surface area contributed by atoms with Crippen LogP contribution in [-0.2, 0) is 6.42 Å². The van der Waals surface area contributed by atoms with Crippen molar-refractivity contribution < 1.29 is 0 Å². The first-order valence-corrected chi connectivity index (χ1v) is 7.42. The number of nitrogens with one attached hydrogen (secondary N) is 1. The Hall–Kier alpha value is -1.38. The molecule has 0 aliphatic heterocycles. The first-order chi connectivity index (χ1) is 9.49. The van der Waals surface area contributed by atoms with Crippen molar-refractivity contribution in [1.29, 1.82) is 0 Å². The Morgan fingerprint density at radius 3 is 2.45 bits per heavy atom. The molecule has 0 heterocycles. The van der Waals surface area contributed by atoms with Gasteiger partial charge in [-0.2, -0.15) is 0 Å². The van der Waals surface area contributed by atoms with Crippen LogP contribution in [0.25, 0.3) is 10.8 Å². The molecule has 2 nitrogen and oxygen atoms in total. The minimum Gasteiger partial charge on any atom is -0.271 e. The van der Waals surface area contributed by atoms with E-state index in [1.807, 2.05) is 0 Å². The van der Waals surface area contributed by atoms with E-state index in [9.17, 15) is 0 Å². The van der Waals surface area contributed by atoms with Crippen LogP contribution < -0.4 is 11.3 Å². The van der Waals surface area contributed by atoms with Crippen molar-refractivity contribution in [2.45, 2.75) is 46.1 Å². The first-order valence-electron chi connectivity index (χ1n) is 7.42. The van der Waals surface area contributed by atoms with E-state index in [1.165, 1.54) is 22.8 Å². The number of hydrogen-bond donors (Lipinski definition) is 2. The molecule has 0 aliphatic carbocycles. The van der Waals surface area contributed by atoms with Gasteiger partial charge in [-0.1, -0.05) is 63.2 Å². The van der Waals surface area contributed by atoms with Crippen LogP contribution in [0.15, 0.2) is 42.5 Å². The van der Waals surface area contributed by atoms with Crippen LogP contribution in [0.1, 0.15) is 39.2 Å². The Labute approximate surface area is 122 Å². The van der Waals surface area contributed by atoms with Gasteiger partial charge < -0.3 is 0 Å². The average molecular weight is 270 g/mol. The Morgan fingerprint density at radius 2 is 1.75 bits per heavy atom. The number of rotatable bonds is 5. The van der Waals surface area contributed by atoms with Crippen LogP contribution in [0.3, 0.4) is 0 Å². The van der Waals surface area contributed by atoms with Crippen LogP contribution in [-0.4, -0.2) is 6.04 Å². The van der Waals surface area contributed by atoms with Gasteiger partial charge in [0.1, 0.15) is 0 Å². The summed E-state index contributed by atoms with van der Waals surface area (Å²) in [5.74, 6) is 5.74. The molecule has 0 spiro atoms. The molecule has 1 atom stereocenters. The molecule has 0 aliphatic rings. The summed E-state index contributed by atoms with van der Waals surface area (Å²) in [5, 5.41) is 2.64. The summed E-state index contributed by atoms with van der Waals surface area (Å²) in [6.07, 6.45) is 3.25. The molecule has 0 fully saturated rings. The van der Waals surface area contributed by atoms with Crippen LogP contribution in [0.2, 0.25) is 0 Å². The molecule has 0 aromatic heterocycles. The lowest BCUT2D eigenvalue weighted by atomic mass is 9.87. The first kappa shape index (κ1) is 15.0. The summed E-state index contributed by atoms with van der Waals surface area (Å²) < 4.78 is 0. The molecule has 2 aromatic rings. The largest absolute Gasteiger partial charge is 0.271 e. The van der Waals surface area contributed by atoms with Gasteiger partial charge in [0.15, 0.2) is 0 Å². The standard InChI is InChI=1S/C18H26N2/c1-18(2,3)12-11-16(20-19)13-15-9-6-8-14-7-4-5-10-17(14)15/h4-10,16,20H,11-13,19H2,1-3H3. The third kappa shape index (κ3) is 4.06. The number of benzene rings is 2. The summed E-state index contributed by atoms with van der Waals surface area (Å²) in [4.78, 5) is 0. The lowest BCUT2D eigenvalue weighted by Crippen LogP contribution is -2.37. The molecule has 0 bridgehead atoms. The fourth-order valence-corrected chi connectivity index (χ4v) is 2.59. The molecule has 108 valence electrons. The van der Waals surface area contributed by atoms with Gasteiger partial charge in [0, 0.05) is 6.04 Å². The lowest BCUT2D eigenvalue weighted by molar-refractivity contribution is 0.330. The van der Waals surface area contributed by atoms with Crippen LogP contribution >= 0.6 is 0 Å². The average Bonchev–Trinajstić information content (AvgIpc) is 2.42. The monoisotopic (exact) mass is 270 g/mol. The fourth-order valence-electron chi connectivity index (χ4n) is 2.59. The molecular weight excluding hydrogens is 244 g/mol. The second-order valence-electron chi connectivity index (χ2n) is 6.81. The van der Waals surface area contributed by atoms with Gasteiger partial charge >= 0.3 is 0 Å². The van der Waals surface area contributed by atoms with Gasteiger partial charge in [-0.3, -0.25) is 11.3 Å². The third-order valence-electron chi connectivity index (χ3n) is 3.82. The Kier molecular flexibility index (Phi) is 4.79. The third-order valence-corrected chi connectivity index (χ3v) is 3.82. The highest BCUT2D eigenvalue weighted by Gasteiger charge is 2.15. The van der Waals surface area contributed by atoms with E-state index in [2.05, 4.69) is 68.7 Å². The Morgan fingerprint density at radius 1 is 1.05 bits per heavy atom. The molecule has 2 heteroatoms. The number of fused-ring (bicyclic) bond motifs is 1. The summed E-state index contributed by atoms with van der Waals surface area (Å²) in [6, 6.07) is 15.4. The topological polar surface area (TPSA) is 38.0 Å². The van der Waals surface area contributed by atoms with E-state index in [0.29, 0.717) is 11.5 Å². The van der Waals surface area contributed by atoms with Crippen molar-refractivity contribution in [2.75, 3.05) is 0 Å². The summed E-state index contributed by atoms with van der Waals surface area (Å²) in [5.41, 5.74) is 4.72. The quantitative estimate of drug-likeness (QED) is 0.635. The molecular formula is C18H26N2. The SMILES string of the molecule is CC(C)(C)CCC(Cc1cccc2ccccc12)NN. The van der Waals surface area contributed by atoms with Crippen molar-refractivity contribution >= 4 is 10.8 Å². The van der Waals surface area contributed by atoms with Crippen molar-refractivity contribution in [3.8, 4) is 0 Å². The van der Waals surface area contributed by atoms with Gasteiger partial charge in [-0.05, 0) is 41.0 Å². The van der Waals surface area contributed by atoms with Crippen LogP contribution in [0.5, 0.6) is 0 Å². The van der Waals surface area contributed by atoms with Crippen molar-refractivity contribution in [3.63, 3.8) is 0 Å². The molecule has 0 saturated heterocycles. The van der Waals surface area contributed by atoms with Gasteiger partial charge in [-0.15, -0.1) is 0 Å². The second-order valence-corrected chi connectivity index (χ2v) is 6.81. The maximum atomic E-state index is 5.74. The van der Waals surface area contributed by atoms with E-state index < -0.39 is 0 Å². The van der Waals surface area contributed by atoms with E-state index in [4.69, 9.17) is 5.84 Å². The van der Waals surface area contributed by atoms with Crippen LogP contribution in [0.4, 0.5) is 0 Å². The lowest BCUT2D eigenvalue weighted by Gasteiger charge is -2.23. The molecule has 20 heavy (non-hydrogen) atoms. The smallest absolute Gasteiger partial charge is 0.0251 e. The number of hydrazine groups is 1. The highest BCUT2D eigenvalue weighted by Crippen LogP contribution is 2.24. The summed E-state index contributed by atoms with van der Waals surface area (Å²) in [6.45, 7) is 6.83. The van der Waals surface area contributed by atoms with Gasteiger partial charge in [0.2, 0.25) is 0 Å². The van der Waals surface area contributed by atoms with E-state index >= 15 is 0 Å². The Balaban J connectivity index is 2.13. The zero-order valence-electron chi connectivity index (χ0n) is 12.8. The van der Waals surface area contributed by atoms with Gasteiger partial charge in [0.05, 0.1) is 0 Å². The molecule has 0 amide bonds. The minimum atomic E-state index is 0.333. The maximum Gasteiger partial charge on any atom is 0.0251 e. The van der Waals surface area contributed by atoms with Gasteiger partial charge in [0.25, 0.3) is 0 Å². The van der Waals surface area contributed by atoms with E-state index in [0.717, 1.165) is 12.8 Å². The molecule has 0 saturated carbocycles. The zero-order valence-corrected chi connectivity index (χ0v) is 12.8. The molecule has 3 N–H and O–H groups in total. The van der Waals surface area contributed by atoms with Crippen molar-refractivity contribution in [1.82, 2.24) is 5.43 Å². The highest BCUT2D eigenvalue weighted by molar-refractivity contribution is 5.85. The highest BCUT2D eigenvalue weighted by atomic mass is 15.2. The summed E-state index contributed by atoms with van der Waals surface area (Å²) >= 11 is 0. The minimum absolute atomic E-state index is 0.333. The fraction of sp³-hybridized carbons (Fsp3) is 0.444. The molecule has 2 aromatic carbocycles. The van der Waals surface area contributed by atoms with Crippen molar-refractivity contribution in [2.24, 2.45) is 11.3 Å². The van der Waals surface area contributed by atoms with E-state index in [1.54, 1.807) is 0 Å². The van der Waals surface area contributed by atoms with Crippen LogP contribution in [0, 0.1) is 5.41 Å². The normalized spacial score (nSPS) is 13.6. The molecule has 0 radical (unpaired) electrons. The number of nitrogens with two attached hydrogens (primary N) is 1. The zero-order chi connectivity index (χ0) is 14.6.